The molecule has 4 nitrogen and oxygen atoms in total. The third kappa shape index (κ3) is 2.86. The van der Waals surface area contributed by atoms with Crippen LogP contribution in [0.5, 0.6) is 5.75 Å². The number of hydrogen-bond donors (Lipinski definition) is 1. The minimum Gasteiger partial charge on any atom is -0.495 e. The van der Waals surface area contributed by atoms with Crippen LogP contribution in [0.3, 0.4) is 0 Å². The molecule has 34 heavy (non-hydrogen) atoms. The van der Waals surface area contributed by atoms with Gasteiger partial charge in [-0.25, -0.2) is 0 Å². The highest BCUT2D eigenvalue weighted by Gasteiger charge is 2.52. The highest BCUT2D eigenvalue weighted by atomic mass is 16.5. The Morgan fingerprint density at radius 3 is 2.06 bits per heavy atom. The number of nitrogens with zero attached hydrogens (tertiary/aromatic N) is 1. The Labute approximate surface area is 197 Å². The topological polar surface area (TPSA) is 49.8 Å². The molecule has 1 amide bonds. The zero-order valence-corrected chi connectivity index (χ0v) is 18.7. The molecule has 0 spiro atoms. The van der Waals surface area contributed by atoms with Crippen molar-refractivity contribution < 1.29 is 14.6 Å². The number of anilines is 1. The number of carbonyl (C=O) groups excluding carboxylic acids is 1. The molecule has 1 atom stereocenters. The van der Waals surface area contributed by atoms with Crippen molar-refractivity contribution >= 4 is 33.1 Å². The van der Waals surface area contributed by atoms with Crippen LogP contribution in [-0.4, -0.2) is 18.1 Å². The first kappa shape index (κ1) is 20.5. The minimum atomic E-state index is -1.79. The standard InChI is InChI=1S/C30H23NO3/c1-34-27-17-9-16-26-28(27)31(29(32)30(26,33)22-12-3-2-4-13-22)19-25-23-14-7-5-10-20(23)18-21-11-6-8-15-24(21)25/h2-18,33H,19H2,1H3/t30-/m1/s1. The maximum Gasteiger partial charge on any atom is 0.268 e. The van der Waals surface area contributed by atoms with E-state index < -0.39 is 5.60 Å². The molecule has 1 heterocycles. The lowest BCUT2D eigenvalue weighted by Crippen LogP contribution is -2.41. The van der Waals surface area contributed by atoms with Crippen LogP contribution >= 0.6 is 0 Å². The molecule has 4 heteroatoms. The van der Waals surface area contributed by atoms with E-state index in [4.69, 9.17) is 4.74 Å². The third-order valence-electron chi connectivity index (χ3n) is 6.82. The van der Waals surface area contributed by atoms with Gasteiger partial charge >= 0.3 is 0 Å². The number of amides is 1. The Hall–Kier alpha value is -4.15. The Balaban J connectivity index is 1.60. The average Bonchev–Trinajstić information content (AvgIpc) is 3.11. The molecule has 0 unspecified atom stereocenters. The van der Waals surface area contributed by atoms with E-state index in [1.165, 1.54) is 0 Å². The monoisotopic (exact) mass is 445 g/mol. The molecule has 6 rings (SSSR count). The summed E-state index contributed by atoms with van der Waals surface area (Å²) in [6.45, 7) is 0.309. The molecule has 0 bridgehead atoms. The Kier molecular flexibility index (Phi) is 4.64. The molecule has 0 fully saturated rings. The SMILES string of the molecule is COc1cccc2c1N(Cc1c3ccccc3cc3ccccc13)C(=O)[C@@]2(O)c1ccccc1. The second-order valence-electron chi connectivity index (χ2n) is 8.62. The first-order valence-electron chi connectivity index (χ1n) is 11.3. The van der Waals surface area contributed by atoms with E-state index in [0.29, 0.717) is 29.1 Å². The van der Waals surface area contributed by atoms with Crippen LogP contribution in [0.4, 0.5) is 5.69 Å². The smallest absolute Gasteiger partial charge is 0.268 e. The molecule has 0 radical (unpaired) electrons. The summed E-state index contributed by atoms with van der Waals surface area (Å²) in [4.78, 5) is 15.7. The quantitative estimate of drug-likeness (QED) is 0.357. The second kappa shape index (κ2) is 7.72. The molecule has 0 aliphatic carbocycles. The van der Waals surface area contributed by atoms with E-state index in [1.54, 1.807) is 24.1 Å². The fraction of sp³-hybridized carbons (Fsp3) is 0.100. The number of aliphatic hydroxyl groups is 1. The number of ether oxygens (including phenoxy) is 1. The summed E-state index contributed by atoms with van der Waals surface area (Å²) in [5.74, 6) is 0.178. The zero-order chi connectivity index (χ0) is 23.3. The molecule has 1 N–H and O–H groups in total. The summed E-state index contributed by atoms with van der Waals surface area (Å²) in [7, 11) is 1.59. The van der Waals surface area contributed by atoms with Gasteiger partial charge in [0.1, 0.15) is 5.75 Å². The van der Waals surface area contributed by atoms with Crippen molar-refractivity contribution in [3.63, 3.8) is 0 Å². The lowest BCUT2D eigenvalue weighted by molar-refractivity contribution is -0.132. The van der Waals surface area contributed by atoms with Crippen molar-refractivity contribution in [2.24, 2.45) is 0 Å². The summed E-state index contributed by atoms with van der Waals surface area (Å²) >= 11 is 0. The van der Waals surface area contributed by atoms with Crippen LogP contribution in [0, 0.1) is 0 Å². The summed E-state index contributed by atoms with van der Waals surface area (Å²) in [5.41, 5.74) is 0.938. The number of hydrogen-bond acceptors (Lipinski definition) is 3. The van der Waals surface area contributed by atoms with Gasteiger partial charge in [0.25, 0.3) is 5.91 Å². The van der Waals surface area contributed by atoms with Crippen LogP contribution in [-0.2, 0) is 16.9 Å². The van der Waals surface area contributed by atoms with Crippen molar-refractivity contribution in [3.8, 4) is 5.75 Å². The first-order chi connectivity index (χ1) is 16.6. The third-order valence-corrected chi connectivity index (χ3v) is 6.82. The van der Waals surface area contributed by atoms with Gasteiger partial charge in [0.05, 0.1) is 19.3 Å². The molecule has 1 aliphatic rings. The second-order valence-corrected chi connectivity index (χ2v) is 8.62. The van der Waals surface area contributed by atoms with Crippen LogP contribution < -0.4 is 9.64 Å². The van der Waals surface area contributed by atoms with E-state index in [2.05, 4.69) is 30.3 Å². The first-order valence-corrected chi connectivity index (χ1v) is 11.3. The Morgan fingerprint density at radius 2 is 1.41 bits per heavy atom. The van der Waals surface area contributed by atoms with Crippen LogP contribution in [0.2, 0.25) is 0 Å². The normalized spacial score (nSPS) is 17.4. The van der Waals surface area contributed by atoms with Crippen molar-refractivity contribution in [3.05, 3.63) is 120 Å². The van der Waals surface area contributed by atoms with Crippen molar-refractivity contribution in [1.29, 1.82) is 0 Å². The average molecular weight is 446 g/mol. The highest BCUT2D eigenvalue weighted by molar-refractivity contribution is 6.11. The predicted octanol–water partition coefficient (Wildman–Crippen LogP) is 5.78. The van der Waals surface area contributed by atoms with E-state index in [9.17, 15) is 9.90 Å². The Bertz CT molecular complexity index is 1510. The highest BCUT2D eigenvalue weighted by Crippen LogP contribution is 2.49. The molecule has 5 aromatic rings. The van der Waals surface area contributed by atoms with Crippen LogP contribution in [0.1, 0.15) is 16.7 Å². The molecular weight excluding hydrogens is 422 g/mol. The summed E-state index contributed by atoms with van der Waals surface area (Å²) in [6, 6.07) is 33.2. The molecule has 166 valence electrons. The summed E-state index contributed by atoms with van der Waals surface area (Å²) in [6.07, 6.45) is 0. The minimum absolute atomic E-state index is 0.309. The van der Waals surface area contributed by atoms with Gasteiger partial charge in [-0.05, 0) is 44.8 Å². The predicted molar refractivity (Wildman–Crippen MR) is 135 cm³/mol. The summed E-state index contributed by atoms with van der Waals surface area (Å²) < 4.78 is 5.67. The lowest BCUT2D eigenvalue weighted by atomic mass is 9.87. The molecule has 0 saturated carbocycles. The summed E-state index contributed by atoms with van der Waals surface area (Å²) in [5, 5.41) is 16.3. The van der Waals surface area contributed by atoms with Crippen molar-refractivity contribution in [2.45, 2.75) is 12.1 Å². The molecule has 5 aromatic carbocycles. The van der Waals surface area contributed by atoms with Crippen molar-refractivity contribution in [1.82, 2.24) is 0 Å². The van der Waals surface area contributed by atoms with Crippen molar-refractivity contribution in [2.75, 3.05) is 12.0 Å². The number of methoxy groups -OCH3 is 1. The van der Waals surface area contributed by atoms with Gasteiger partial charge in [0.2, 0.25) is 0 Å². The molecule has 0 aromatic heterocycles. The van der Waals surface area contributed by atoms with Gasteiger partial charge in [0.15, 0.2) is 5.60 Å². The van der Waals surface area contributed by atoms with E-state index in [1.807, 2.05) is 60.7 Å². The maximum atomic E-state index is 14.0. The van der Waals surface area contributed by atoms with E-state index in [-0.39, 0.29) is 5.91 Å². The maximum absolute atomic E-state index is 14.0. The van der Waals surface area contributed by atoms with Gasteiger partial charge in [-0.2, -0.15) is 0 Å². The number of benzene rings is 5. The lowest BCUT2D eigenvalue weighted by Gasteiger charge is -2.25. The van der Waals surface area contributed by atoms with E-state index >= 15 is 0 Å². The van der Waals surface area contributed by atoms with Gasteiger partial charge in [-0.15, -0.1) is 0 Å². The number of para-hydroxylation sites is 1. The zero-order valence-electron chi connectivity index (χ0n) is 18.7. The van der Waals surface area contributed by atoms with E-state index in [0.717, 1.165) is 27.1 Å². The largest absolute Gasteiger partial charge is 0.495 e. The number of rotatable bonds is 4. The van der Waals surface area contributed by atoms with Gasteiger partial charge in [-0.3, -0.25) is 4.79 Å². The molecule has 0 saturated heterocycles. The Morgan fingerprint density at radius 1 is 0.794 bits per heavy atom. The van der Waals surface area contributed by atoms with Crippen LogP contribution in [0.25, 0.3) is 21.5 Å². The molecule has 1 aliphatic heterocycles. The van der Waals surface area contributed by atoms with Gasteiger partial charge in [-0.1, -0.05) is 91.0 Å². The fourth-order valence-corrected chi connectivity index (χ4v) is 5.22. The number of fused-ring (bicyclic) bond motifs is 3. The van der Waals surface area contributed by atoms with Gasteiger partial charge < -0.3 is 14.7 Å². The van der Waals surface area contributed by atoms with Gasteiger partial charge in [0, 0.05) is 5.56 Å². The molecular formula is C30H23NO3. The number of carbonyl (C=O) groups is 1. The van der Waals surface area contributed by atoms with Crippen LogP contribution in [0.15, 0.2) is 103 Å². The fourth-order valence-electron chi connectivity index (χ4n) is 5.22.